The first-order chi connectivity index (χ1) is 13.1. The van der Waals surface area contributed by atoms with E-state index in [2.05, 4.69) is 16.8 Å². The van der Waals surface area contributed by atoms with Crippen molar-refractivity contribution < 1.29 is 9.59 Å². The number of benzene rings is 1. The number of imide groups is 1. The molecule has 1 aromatic carbocycles. The van der Waals surface area contributed by atoms with Gasteiger partial charge in [-0.25, -0.2) is 0 Å². The van der Waals surface area contributed by atoms with Crippen LogP contribution in [0.3, 0.4) is 0 Å². The summed E-state index contributed by atoms with van der Waals surface area (Å²) in [4.78, 5) is 33.0. The lowest BCUT2D eigenvalue weighted by molar-refractivity contribution is -0.137. The highest BCUT2D eigenvalue weighted by molar-refractivity contribution is 7.11. The summed E-state index contributed by atoms with van der Waals surface area (Å²) in [7, 11) is 2.08. The van der Waals surface area contributed by atoms with Gasteiger partial charge >= 0.3 is 0 Å². The van der Waals surface area contributed by atoms with E-state index in [4.69, 9.17) is 0 Å². The molecule has 2 aliphatic rings. The van der Waals surface area contributed by atoms with Gasteiger partial charge < -0.3 is 9.80 Å². The molecule has 3 heterocycles. The van der Waals surface area contributed by atoms with Crippen molar-refractivity contribution in [2.24, 2.45) is 0 Å². The molecule has 0 saturated carbocycles. The van der Waals surface area contributed by atoms with Crippen LogP contribution in [0.2, 0.25) is 0 Å². The third-order valence-corrected chi connectivity index (χ3v) is 6.08. The summed E-state index contributed by atoms with van der Waals surface area (Å²) in [6.45, 7) is 3.74. The zero-order chi connectivity index (χ0) is 18.8. The van der Waals surface area contributed by atoms with Crippen molar-refractivity contribution in [2.45, 2.75) is 6.42 Å². The van der Waals surface area contributed by atoms with Gasteiger partial charge in [0, 0.05) is 37.6 Å². The molecule has 4 rings (SSSR count). The second-order valence-corrected chi connectivity index (χ2v) is 7.94. The number of nitrogens with zero attached hydrogens (tertiary/aromatic N) is 3. The average Bonchev–Trinajstić information content (AvgIpc) is 3.29. The summed E-state index contributed by atoms with van der Waals surface area (Å²) < 4.78 is 0. The van der Waals surface area contributed by atoms with Crippen LogP contribution in [-0.4, -0.2) is 66.3 Å². The molecule has 2 aromatic rings. The van der Waals surface area contributed by atoms with E-state index < -0.39 is 0 Å². The number of amides is 2. The Morgan fingerprint density at radius 2 is 1.67 bits per heavy atom. The number of thiophene rings is 1. The van der Waals surface area contributed by atoms with E-state index in [0.717, 1.165) is 36.6 Å². The first kappa shape index (κ1) is 17.9. The molecule has 27 heavy (non-hydrogen) atoms. The van der Waals surface area contributed by atoms with Crippen molar-refractivity contribution in [2.75, 3.05) is 39.8 Å². The summed E-state index contributed by atoms with van der Waals surface area (Å²) in [5, 5.41) is 1.95. The van der Waals surface area contributed by atoms with Gasteiger partial charge in [-0.2, -0.15) is 0 Å². The molecule has 0 bridgehead atoms. The molecule has 2 aliphatic heterocycles. The second-order valence-electron chi connectivity index (χ2n) is 6.99. The Bertz CT molecular complexity index is 853. The van der Waals surface area contributed by atoms with Crippen LogP contribution in [0.1, 0.15) is 10.4 Å². The van der Waals surface area contributed by atoms with E-state index in [0.29, 0.717) is 24.2 Å². The number of likely N-dealkylation sites (N-methyl/N-ethyl adjacent to an activating group) is 1. The van der Waals surface area contributed by atoms with Crippen molar-refractivity contribution in [3.8, 4) is 0 Å². The Hall–Kier alpha value is -2.44. The van der Waals surface area contributed by atoms with Gasteiger partial charge in [-0.3, -0.25) is 14.5 Å². The fourth-order valence-corrected chi connectivity index (χ4v) is 4.38. The quantitative estimate of drug-likeness (QED) is 0.746. The Balaban J connectivity index is 1.61. The van der Waals surface area contributed by atoms with Crippen LogP contribution < -0.4 is 0 Å². The standard InChI is InChI=1S/C21H23N3O2S/c1-22-11-13-23(14-12-22)19-18(17-8-5-15-27-17)20(25)24(21(19)26)10-9-16-6-3-2-4-7-16/h2-8,15H,9-14H2,1H3. The minimum Gasteiger partial charge on any atom is -0.364 e. The maximum atomic E-state index is 13.2. The van der Waals surface area contributed by atoms with Gasteiger partial charge in [0.1, 0.15) is 5.70 Å². The lowest BCUT2D eigenvalue weighted by atomic mass is 10.1. The lowest BCUT2D eigenvalue weighted by Gasteiger charge is -2.34. The number of hydrogen-bond donors (Lipinski definition) is 0. The molecule has 1 aromatic heterocycles. The van der Waals surface area contributed by atoms with E-state index in [1.807, 2.05) is 47.8 Å². The minimum absolute atomic E-state index is 0.149. The van der Waals surface area contributed by atoms with E-state index in [9.17, 15) is 9.59 Å². The van der Waals surface area contributed by atoms with E-state index in [1.165, 1.54) is 16.2 Å². The van der Waals surface area contributed by atoms with Crippen molar-refractivity contribution in [1.29, 1.82) is 0 Å². The number of hydrogen-bond acceptors (Lipinski definition) is 5. The summed E-state index contributed by atoms with van der Waals surface area (Å²) in [6.07, 6.45) is 0.673. The predicted molar refractivity (Wildman–Crippen MR) is 107 cm³/mol. The van der Waals surface area contributed by atoms with Gasteiger partial charge in [0.25, 0.3) is 11.8 Å². The zero-order valence-electron chi connectivity index (χ0n) is 15.4. The summed E-state index contributed by atoms with van der Waals surface area (Å²) >= 11 is 1.52. The van der Waals surface area contributed by atoms with Gasteiger partial charge in [-0.1, -0.05) is 36.4 Å². The molecule has 0 spiro atoms. The molecule has 6 heteroatoms. The Labute approximate surface area is 163 Å². The van der Waals surface area contributed by atoms with Crippen LogP contribution in [0.15, 0.2) is 53.5 Å². The van der Waals surface area contributed by atoms with E-state index >= 15 is 0 Å². The fraction of sp³-hybridized carbons (Fsp3) is 0.333. The molecule has 0 atom stereocenters. The van der Waals surface area contributed by atoms with Crippen molar-refractivity contribution in [3.05, 3.63) is 64.0 Å². The van der Waals surface area contributed by atoms with E-state index in [-0.39, 0.29) is 11.8 Å². The second kappa shape index (κ2) is 7.66. The SMILES string of the molecule is CN1CCN(C2=C(c3cccs3)C(=O)N(CCc3ccccc3)C2=O)CC1. The molecule has 1 saturated heterocycles. The summed E-state index contributed by atoms with van der Waals surface area (Å²) in [6, 6.07) is 13.8. The first-order valence-electron chi connectivity index (χ1n) is 9.27. The van der Waals surface area contributed by atoms with Gasteiger partial charge in [-0.05, 0) is 30.5 Å². The van der Waals surface area contributed by atoms with Crippen LogP contribution in [-0.2, 0) is 16.0 Å². The normalized spacial score (nSPS) is 18.7. The average molecular weight is 382 g/mol. The Morgan fingerprint density at radius 1 is 0.926 bits per heavy atom. The van der Waals surface area contributed by atoms with Crippen molar-refractivity contribution in [1.82, 2.24) is 14.7 Å². The molecule has 0 aliphatic carbocycles. The van der Waals surface area contributed by atoms with Gasteiger partial charge in [-0.15, -0.1) is 11.3 Å². The molecule has 5 nitrogen and oxygen atoms in total. The summed E-state index contributed by atoms with van der Waals surface area (Å²) in [5.41, 5.74) is 2.29. The molecule has 0 radical (unpaired) electrons. The molecular formula is C21H23N3O2S. The van der Waals surface area contributed by atoms with Crippen molar-refractivity contribution >= 4 is 28.7 Å². The maximum Gasteiger partial charge on any atom is 0.277 e. The number of carbonyl (C=O) groups excluding carboxylic acids is 2. The molecular weight excluding hydrogens is 358 g/mol. The number of carbonyl (C=O) groups is 2. The van der Waals surface area contributed by atoms with Crippen molar-refractivity contribution in [3.63, 3.8) is 0 Å². The molecule has 0 N–H and O–H groups in total. The maximum absolute atomic E-state index is 13.2. The van der Waals surface area contributed by atoms with E-state index in [1.54, 1.807) is 0 Å². The Morgan fingerprint density at radius 3 is 2.33 bits per heavy atom. The third-order valence-electron chi connectivity index (χ3n) is 5.20. The number of piperazine rings is 1. The number of rotatable bonds is 5. The highest BCUT2D eigenvalue weighted by Gasteiger charge is 2.42. The third kappa shape index (κ3) is 3.55. The topological polar surface area (TPSA) is 43.9 Å². The van der Waals surface area contributed by atoms with Crippen LogP contribution in [0.4, 0.5) is 0 Å². The zero-order valence-corrected chi connectivity index (χ0v) is 16.2. The smallest absolute Gasteiger partial charge is 0.277 e. The summed E-state index contributed by atoms with van der Waals surface area (Å²) in [5.74, 6) is -0.309. The highest BCUT2D eigenvalue weighted by atomic mass is 32.1. The molecule has 2 amide bonds. The largest absolute Gasteiger partial charge is 0.364 e. The predicted octanol–water partition coefficient (Wildman–Crippen LogP) is 2.32. The first-order valence-corrected chi connectivity index (χ1v) is 10.1. The minimum atomic E-state index is -0.160. The monoisotopic (exact) mass is 381 g/mol. The molecule has 0 unspecified atom stereocenters. The fourth-order valence-electron chi connectivity index (χ4n) is 3.62. The van der Waals surface area contributed by atoms with Crippen LogP contribution in [0, 0.1) is 0 Å². The van der Waals surface area contributed by atoms with Crippen LogP contribution in [0.25, 0.3) is 5.57 Å². The highest BCUT2D eigenvalue weighted by Crippen LogP contribution is 2.34. The molecule has 140 valence electrons. The lowest BCUT2D eigenvalue weighted by Crippen LogP contribution is -2.46. The van der Waals surface area contributed by atoms with Crippen LogP contribution >= 0.6 is 11.3 Å². The Kier molecular flexibility index (Phi) is 5.09. The molecule has 1 fully saturated rings. The van der Waals surface area contributed by atoms with Gasteiger partial charge in [0.2, 0.25) is 0 Å². The van der Waals surface area contributed by atoms with Gasteiger partial charge in [0.05, 0.1) is 5.57 Å². The van der Waals surface area contributed by atoms with Crippen LogP contribution in [0.5, 0.6) is 0 Å². The van der Waals surface area contributed by atoms with Gasteiger partial charge in [0.15, 0.2) is 0 Å².